The highest BCUT2D eigenvalue weighted by molar-refractivity contribution is 6.99. The standard InChI is InChI=1S/C29H31N3O5Si/c1-29(2,3)38(21-15-9-5-10-16-21,22-17-11-6-12-18-22)34-19-23(31-32-30)24-25-26(27(33)35-24)37-28(36-25)20-13-7-4-8-14-20/h4-18,23-26,28H,19H2,1-3H3/t23-,24-,25-,26-,28?/m1/s1. The molecule has 2 heterocycles. The number of esters is 1. The van der Waals surface area contributed by atoms with Gasteiger partial charge in [-0.25, -0.2) is 4.79 Å². The van der Waals surface area contributed by atoms with Crippen LogP contribution in [0.4, 0.5) is 0 Å². The summed E-state index contributed by atoms with van der Waals surface area (Å²) in [5, 5.41) is 5.97. The van der Waals surface area contributed by atoms with Gasteiger partial charge in [0.1, 0.15) is 12.2 Å². The molecule has 3 aromatic rings. The molecule has 1 unspecified atom stereocenters. The van der Waals surface area contributed by atoms with Crippen LogP contribution in [0.3, 0.4) is 0 Å². The van der Waals surface area contributed by atoms with Crippen LogP contribution in [0, 0.1) is 0 Å². The first-order valence-electron chi connectivity index (χ1n) is 12.7. The van der Waals surface area contributed by atoms with Gasteiger partial charge in [-0.05, 0) is 20.9 Å². The zero-order valence-corrected chi connectivity index (χ0v) is 22.6. The van der Waals surface area contributed by atoms with E-state index in [1.54, 1.807) is 0 Å². The van der Waals surface area contributed by atoms with Crippen LogP contribution in [-0.4, -0.2) is 45.2 Å². The molecule has 5 atom stereocenters. The number of carbonyl (C=O) groups is 1. The van der Waals surface area contributed by atoms with Crippen molar-refractivity contribution in [3.8, 4) is 0 Å². The molecule has 0 saturated carbocycles. The molecule has 0 radical (unpaired) electrons. The lowest BCUT2D eigenvalue weighted by atomic mass is 10.1. The molecule has 0 spiro atoms. The summed E-state index contributed by atoms with van der Waals surface area (Å²) >= 11 is 0. The number of ether oxygens (including phenoxy) is 3. The van der Waals surface area contributed by atoms with E-state index in [4.69, 9.17) is 18.6 Å². The summed E-state index contributed by atoms with van der Waals surface area (Å²) in [6.07, 6.45) is -3.15. The molecular weight excluding hydrogens is 498 g/mol. The maximum atomic E-state index is 12.8. The Labute approximate surface area is 223 Å². The van der Waals surface area contributed by atoms with Gasteiger partial charge in [0.25, 0.3) is 8.32 Å². The molecule has 2 aliphatic heterocycles. The number of benzene rings is 3. The molecule has 196 valence electrons. The monoisotopic (exact) mass is 529 g/mol. The van der Waals surface area contributed by atoms with Gasteiger partial charge in [-0.3, -0.25) is 0 Å². The van der Waals surface area contributed by atoms with E-state index in [0.29, 0.717) is 0 Å². The fraction of sp³-hybridized carbons (Fsp3) is 0.345. The molecule has 2 saturated heterocycles. The van der Waals surface area contributed by atoms with E-state index in [1.807, 2.05) is 66.7 Å². The van der Waals surface area contributed by atoms with Crippen LogP contribution in [0.5, 0.6) is 0 Å². The third-order valence-corrected chi connectivity index (χ3v) is 12.2. The lowest BCUT2D eigenvalue weighted by Gasteiger charge is -2.43. The van der Waals surface area contributed by atoms with Gasteiger partial charge in [-0.1, -0.05) is 117 Å². The largest absolute Gasteiger partial charge is 0.457 e. The average Bonchev–Trinajstić information content (AvgIpc) is 3.50. The van der Waals surface area contributed by atoms with Gasteiger partial charge in [0.15, 0.2) is 12.4 Å². The van der Waals surface area contributed by atoms with Crippen LogP contribution >= 0.6 is 0 Å². The van der Waals surface area contributed by atoms with Crippen molar-refractivity contribution in [1.82, 2.24) is 0 Å². The predicted molar refractivity (Wildman–Crippen MR) is 145 cm³/mol. The minimum atomic E-state index is -2.90. The average molecular weight is 530 g/mol. The second kappa shape index (κ2) is 10.7. The second-order valence-corrected chi connectivity index (χ2v) is 14.9. The Bertz CT molecular complexity index is 1260. The summed E-state index contributed by atoms with van der Waals surface area (Å²) in [6, 6.07) is 29.0. The fourth-order valence-corrected chi connectivity index (χ4v) is 10.0. The molecule has 2 fully saturated rings. The van der Waals surface area contributed by atoms with Crippen molar-refractivity contribution in [1.29, 1.82) is 0 Å². The number of hydrogen-bond acceptors (Lipinski definition) is 6. The molecule has 0 bridgehead atoms. The SMILES string of the molecule is CC(C)(C)[Si](OC[C@@H](N=[N+]=[N-])[C@H]1OC(=O)[C@@H]2OC(c3ccccc3)O[C@H]12)(c1ccccc1)c1ccccc1. The minimum absolute atomic E-state index is 0.0534. The Morgan fingerprint density at radius 3 is 2.00 bits per heavy atom. The van der Waals surface area contributed by atoms with Crippen molar-refractivity contribution >= 4 is 24.7 Å². The van der Waals surface area contributed by atoms with Crippen molar-refractivity contribution in [2.75, 3.05) is 6.61 Å². The number of fused-ring (bicyclic) bond motifs is 1. The number of cyclic esters (lactones) is 1. The third-order valence-electron chi connectivity index (χ3n) is 7.20. The van der Waals surface area contributed by atoms with E-state index >= 15 is 0 Å². The minimum Gasteiger partial charge on any atom is -0.457 e. The lowest BCUT2D eigenvalue weighted by Crippen LogP contribution is -2.67. The second-order valence-electron chi connectivity index (χ2n) is 10.5. The first-order valence-corrected chi connectivity index (χ1v) is 14.6. The van der Waals surface area contributed by atoms with Crippen LogP contribution in [0.2, 0.25) is 5.04 Å². The highest BCUT2D eigenvalue weighted by atomic mass is 28.4. The first kappa shape index (κ1) is 26.2. The molecule has 0 aliphatic carbocycles. The smallest absolute Gasteiger partial charge is 0.338 e. The molecule has 0 amide bonds. The molecular formula is C29H31N3O5Si. The van der Waals surface area contributed by atoms with E-state index in [0.717, 1.165) is 15.9 Å². The molecule has 2 aliphatic rings. The fourth-order valence-electron chi connectivity index (χ4n) is 5.46. The molecule has 5 rings (SSSR count). The highest BCUT2D eigenvalue weighted by Crippen LogP contribution is 2.41. The number of carbonyl (C=O) groups excluding carboxylic acids is 1. The van der Waals surface area contributed by atoms with E-state index < -0.39 is 44.9 Å². The number of hydrogen-bond donors (Lipinski definition) is 0. The van der Waals surface area contributed by atoms with Crippen LogP contribution in [-0.2, 0) is 23.4 Å². The quantitative estimate of drug-likeness (QED) is 0.139. The Kier molecular flexibility index (Phi) is 7.38. The number of azide groups is 1. The Balaban J connectivity index is 1.47. The summed E-state index contributed by atoms with van der Waals surface area (Å²) in [6.45, 7) is 6.57. The molecule has 8 nitrogen and oxygen atoms in total. The topological polar surface area (TPSA) is 103 Å². The van der Waals surface area contributed by atoms with Crippen molar-refractivity contribution in [3.63, 3.8) is 0 Å². The third kappa shape index (κ3) is 4.75. The Morgan fingerprint density at radius 1 is 0.921 bits per heavy atom. The van der Waals surface area contributed by atoms with Crippen molar-refractivity contribution in [3.05, 3.63) is 107 Å². The predicted octanol–water partition coefficient (Wildman–Crippen LogP) is 4.65. The van der Waals surface area contributed by atoms with Crippen molar-refractivity contribution in [2.24, 2.45) is 5.11 Å². The normalized spacial score (nSPS) is 23.8. The van der Waals surface area contributed by atoms with E-state index in [1.165, 1.54) is 0 Å². The summed E-state index contributed by atoms with van der Waals surface area (Å²) in [5.74, 6) is -0.526. The van der Waals surface area contributed by atoms with Gasteiger partial charge in [0.05, 0.1) is 6.04 Å². The van der Waals surface area contributed by atoms with Gasteiger partial charge < -0.3 is 18.6 Å². The summed E-state index contributed by atoms with van der Waals surface area (Å²) in [5.41, 5.74) is 10.3. The van der Waals surface area contributed by atoms with Crippen LogP contribution < -0.4 is 10.4 Å². The molecule has 38 heavy (non-hydrogen) atoms. The van der Waals surface area contributed by atoms with Gasteiger partial charge in [0, 0.05) is 17.1 Å². The van der Waals surface area contributed by atoms with Crippen molar-refractivity contribution in [2.45, 2.75) is 56.5 Å². The molecule has 3 aromatic carbocycles. The molecule has 0 N–H and O–H groups in total. The summed E-state index contributed by atoms with van der Waals surface area (Å²) in [7, 11) is -2.90. The zero-order valence-electron chi connectivity index (χ0n) is 21.6. The van der Waals surface area contributed by atoms with E-state index in [-0.39, 0.29) is 11.6 Å². The number of nitrogens with zero attached hydrogens (tertiary/aromatic N) is 3. The van der Waals surface area contributed by atoms with Gasteiger partial charge in [-0.2, -0.15) is 0 Å². The van der Waals surface area contributed by atoms with E-state index in [2.05, 4.69) is 55.1 Å². The molecule has 0 aromatic heterocycles. The van der Waals surface area contributed by atoms with E-state index in [9.17, 15) is 10.3 Å². The summed E-state index contributed by atoms with van der Waals surface area (Å²) < 4.78 is 24.7. The van der Waals surface area contributed by atoms with Gasteiger partial charge in [0.2, 0.25) is 0 Å². The van der Waals surface area contributed by atoms with Gasteiger partial charge >= 0.3 is 5.97 Å². The van der Waals surface area contributed by atoms with Crippen LogP contribution in [0.25, 0.3) is 10.4 Å². The Hall–Kier alpha value is -3.46. The first-order chi connectivity index (χ1) is 18.3. The zero-order chi connectivity index (χ0) is 26.8. The van der Waals surface area contributed by atoms with Crippen LogP contribution in [0.15, 0.2) is 96.1 Å². The maximum Gasteiger partial charge on any atom is 0.338 e. The molecule has 9 heteroatoms. The van der Waals surface area contributed by atoms with Gasteiger partial charge in [-0.15, -0.1) is 0 Å². The highest BCUT2D eigenvalue weighted by Gasteiger charge is 2.57. The maximum absolute atomic E-state index is 12.8. The lowest BCUT2D eigenvalue weighted by molar-refractivity contribution is -0.163. The Morgan fingerprint density at radius 2 is 1.47 bits per heavy atom. The number of rotatable bonds is 8. The summed E-state index contributed by atoms with van der Waals surface area (Å²) in [4.78, 5) is 15.8. The van der Waals surface area contributed by atoms with Crippen molar-refractivity contribution < 1.29 is 23.4 Å². The van der Waals surface area contributed by atoms with Crippen LogP contribution in [0.1, 0.15) is 32.6 Å².